The van der Waals surface area contributed by atoms with Gasteiger partial charge in [0.1, 0.15) is 11.5 Å². The maximum absolute atomic E-state index is 12.6. The van der Waals surface area contributed by atoms with E-state index < -0.39 is 5.97 Å². The van der Waals surface area contributed by atoms with Crippen molar-refractivity contribution in [2.45, 2.75) is 143 Å². The first kappa shape index (κ1) is 33.7. The van der Waals surface area contributed by atoms with Crippen molar-refractivity contribution in [1.82, 2.24) is 0 Å². The normalized spacial score (nSPS) is 12.9. The van der Waals surface area contributed by atoms with Crippen LogP contribution >= 0.6 is 0 Å². The highest BCUT2D eigenvalue weighted by atomic mass is 16.5. The Hall–Kier alpha value is -2.55. The zero-order valence-corrected chi connectivity index (χ0v) is 27.6. The molecule has 3 nitrogen and oxygen atoms in total. The largest absolute Gasteiger partial charge is 0.507 e. The molecule has 0 aromatic heterocycles. The van der Waals surface area contributed by atoms with Crippen LogP contribution < -0.4 is 4.74 Å². The van der Waals surface area contributed by atoms with Gasteiger partial charge in [-0.25, -0.2) is 4.79 Å². The highest BCUT2D eigenvalue weighted by Gasteiger charge is 2.31. The molecule has 0 unspecified atom stereocenters. The molecule has 2 aromatic carbocycles. The highest BCUT2D eigenvalue weighted by molar-refractivity contribution is 5.84. The van der Waals surface area contributed by atoms with E-state index in [1.165, 1.54) is 17.2 Å². The van der Waals surface area contributed by atoms with Gasteiger partial charge in [-0.3, -0.25) is 0 Å². The monoisotopic (exact) mass is 548 g/mol. The molecule has 0 saturated carbocycles. The summed E-state index contributed by atoms with van der Waals surface area (Å²) in [4.78, 5) is 12.6. The Bertz CT molecular complexity index is 1210. The van der Waals surface area contributed by atoms with E-state index in [1.54, 1.807) is 0 Å². The predicted octanol–water partition coefficient (Wildman–Crippen LogP) is 10.0. The number of ether oxygens (including phenoxy) is 1. The maximum atomic E-state index is 12.6. The Labute approximate surface area is 245 Å². The van der Waals surface area contributed by atoms with E-state index in [0.29, 0.717) is 24.3 Å². The van der Waals surface area contributed by atoms with Crippen LogP contribution in [0.2, 0.25) is 0 Å². The number of hydrogen-bond acceptors (Lipinski definition) is 3. The molecule has 0 amide bonds. The van der Waals surface area contributed by atoms with Crippen molar-refractivity contribution >= 4 is 5.97 Å². The molecule has 0 saturated heterocycles. The Morgan fingerprint density at radius 3 is 1.55 bits per heavy atom. The lowest BCUT2D eigenvalue weighted by atomic mass is 9.74. The van der Waals surface area contributed by atoms with Crippen LogP contribution in [0.25, 0.3) is 0 Å². The summed E-state index contributed by atoms with van der Waals surface area (Å²) < 4.78 is 6.01. The van der Waals surface area contributed by atoms with Gasteiger partial charge in [-0.15, -0.1) is 0 Å². The number of phenols is 1. The van der Waals surface area contributed by atoms with E-state index in [4.69, 9.17) is 4.74 Å². The molecular formula is C37H56O3. The Morgan fingerprint density at radius 1 is 0.700 bits per heavy atom. The first-order valence-electron chi connectivity index (χ1n) is 15.3. The molecule has 222 valence electrons. The molecule has 0 fully saturated rings. The van der Waals surface area contributed by atoms with Gasteiger partial charge in [0, 0.05) is 17.2 Å². The third-order valence-corrected chi connectivity index (χ3v) is 9.94. The fraction of sp³-hybridized carbons (Fsp3) is 0.595. The average Bonchev–Trinajstić information content (AvgIpc) is 2.92. The summed E-state index contributed by atoms with van der Waals surface area (Å²) in [5.41, 5.74) is 6.16. The number of carbonyl (C=O) groups excluding carboxylic acids is 1. The van der Waals surface area contributed by atoms with Crippen molar-refractivity contribution in [3.63, 3.8) is 0 Å². The summed E-state index contributed by atoms with van der Waals surface area (Å²) in [6.45, 7) is 30.3. The van der Waals surface area contributed by atoms with Gasteiger partial charge in [0.15, 0.2) is 0 Å². The van der Waals surface area contributed by atoms with Crippen molar-refractivity contribution in [2.24, 2.45) is 0 Å². The highest BCUT2D eigenvalue weighted by Crippen LogP contribution is 2.43. The number of aryl methyl sites for hydroxylation is 2. The standard InChI is InChI=1S/C37H56O3/c1-14-31(38)40-33-26(22-28(35(8,9)16-3)24-30(33)37(12,13)18-5)20-19-25-21-27(34(6,7)15-2)23-29(32(25)39)36(10,11)17-4/h14,21-24,39H,1,15-20H2,2-13H3. The quantitative estimate of drug-likeness (QED) is 0.154. The van der Waals surface area contributed by atoms with Crippen molar-refractivity contribution < 1.29 is 14.6 Å². The Kier molecular flexibility index (Phi) is 10.5. The van der Waals surface area contributed by atoms with Crippen molar-refractivity contribution in [3.8, 4) is 11.5 Å². The van der Waals surface area contributed by atoms with E-state index in [2.05, 4.69) is 114 Å². The molecule has 0 radical (unpaired) electrons. The van der Waals surface area contributed by atoms with Crippen LogP contribution in [0.15, 0.2) is 36.9 Å². The molecule has 0 aliphatic carbocycles. The third kappa shape index (κ3) is 7.20. The molecule has 0 heterocycles. The SMILES string of the molecule is C=CC(=O)Oc1c(CCc2cc(C(C)(C)CC)cc(C(C)(C)CC)c2O)cc(C(C)(C)CC)cc1C(C)(C)CC. The van der Waals surface area contributed by atoms with Crippen LogP contribution in [-0.4, -0.2) is 11.1 Å². The predicted molar refractivity (Wildman–Crippen MR) is 171 cm³/mol. The first-order chi connectivity index (χ1) is 18.4. The van der Waals surface area contributed by atoms with Crippen LogP contribution in [-0.2, 0) is 39.3 Å². The topological polar surface area (TPSA) is 46.5 Å². The van der Waals surface area contributed by atoms with Gasteiger partial charge < -0.3 is 9.84 Å². The van der Waals surface area contributed by atoms with E-state index in [9.17, 15) is 9.90 Å². The number of hydrogen-bond donors (Lipinski definition) is 1. The maximum Gasteiger partial charge on any atom is 0.335 e. The molecule has 0 aliphatic rings. The Balaban J connectivity index is 2.81. The number of rotatable bonds is 13. The van der Waals surface area contributed by atoms with Crippen LogP contribution in [0.5, 0.6) is 11.5 Å². The van der Waals surface area contributed by atoms with Gasteiger partial charge in [-0.1, -0.05) is 114 Å². The smallest absolute Gasteiger partial charge is 0.335 e. The second kappa shape index (κ2) is 12.5. The van der Waals surface area contributed by atoms with Gasteiger partial charge in [-0.05, 0) is 82.4 Å². The lowest BCUT2D eigenvalue weighted by Gasteiger charge is -2.32. The number of carbonyl (C=O) groups is 1. The fourth-order valence-electron chi connectivity index (χ4n) is 4.88. The summed E-state index contributed by atoms with van der Waals surface area (Å²) in [5, 5.41) is 11.6. The molecule has 3 heteroatoms. The minimum Gasteiger partial charge on any atom is -0.507 e. The molecular weight excluding hydrogens is 492 g/mol. The molecule has 2 rings (SSSR count). The summed E-state index contributed by atoms with van der Waals surface area (Å²) in [7, 11) is 0. The lowest BCUT2D eigenvalue weighted by molar-refractivity contribution is -0.129. The summed E-state index contributed by atoms with van der Waals surface area (Å²) in [6, 6.07) is 8.87. The van der Waals surface area contributed by atoms with Crippen LogP contribution in [0.4, 0.5) is 0 Å². The third-order valence-electron chi connectivity index (χ3n) is 9.94. The number of phenolic OH excluding ortho intramolecular Hbond substituents is 1. The van der Waals surface area contributed by atoms with E-state index in [0.717, 1.165) is 47.9 Å². The molecule has 0 bridgehead atoms. The van der Waals surface area contributed by atoms with E-state index in [1.807, 2.05) is 0 Å². The number of benzene rings is 2. The molecule has 2 aromatic rings. The zero-order chi connectivity index (χ0) is 30.7. The van der Waals surface area contributed by atoms with Crippen LogP contribution in [0.3, 0.4) is 0 Å². The average molecular weight is 549 g/mol. The van der Waals surface area contributed by atoms with Gasteiger partial charge in [0.2, 0.25) is 0 Å². The minimum absolute atomic E-state index is 0.00490. The molecule has 0 atom stereocenters. The van der Waals surface area contributed by atoms with E-state index >= 15 is 0 Å². The fourth-order valence-corrected chi connectivity index (χ4v) is 4.88. The van der Waals surface area contributed by atoms with Gasteiger partial charge in [0.05, 0.1) is 0 Å². The number of aromatic hydroxyl groups is 1. The molecule has 0 aliphatic heterocycles. The minimum atomic E-state index is -0.446. The Morgan fingerprint density at radius 2 is 1.10 bits per heavy atom. The van der Waals surface area contributed by atoms with Crippen molar-refractivity contribution in [3.05, 3.63) is 70.3 Å². The summed E-state index contributed by atoms with van der Waals surface area (Å²) >= 11 is 0. The summed E-state index contributed by atoms with van der Waals surface area (Å²) in [6.07, 6.45) is 6.37. The molecule has 0 spiro atoms. The van der Waals surface area contributed by atoms with Crippen LogP contribution in [0, 0.1) is 0 Å². The lowest BCUT2D eigenvalue weighted by Crippen LogP contribution is -2.23. The second-order valence-corrected chi connectivity index (χ2v) is 14.1. The first-order valence-corrected chi connectivity index (χ1v) is 15.3. The van der Waals surface area contributed by atoms with E-state index in [-0.39, 0.29) is 21.7 Å². The van der Waals surface area contributed by atoms with Gasteiger partial charge in [0.25, 0.3) is 0 Å². The molecule has 1 N–H and O–H groups in total. The zero-order valence-electron chi connectivity index (χ0n) is 27.6. The van der Waals surface area contributed by atoms with Crippen molar-refractivity contribution in [2.75, 3.05) is 0 Å². The summed E-state index contributed by atoms with van der Waals surface area (Å²) in [5.74, 6) is 0.593. The van der Waals surface area contributed by atoms with Gasteiger partial charge >= 0.3 is 5.97 Å². The number of esters is 1. The second-order valence-electron chi connectivity index (χ2n) is 14.1. The van der Waals surface area contributed by atoms with Crippen molar-refractivity contribution in [1.29, 1.82) is 0 Å². The van der Waals surface area contributed by atoms with Gasteiger partial charge in [-0.2, -0.15) is 0 Å². The van der Waals surface area contributed by atoms with Crippen LogP contribution in [0.1, 0.15) is 142 Å². The molecule has 40 heavy (non-hydrogen) atoms.